The van der Waals surface area contributed by atoms with Crippen molar-refractivity contribution in [2.45, 2.75) is 10.8 Å². The molecule has 0 atom stereocenters. The van der Waals surface area contributed by atoms with Gasteiger partial charge in [-0.15, -0.1) is 0 Å². The van der Waals surface area contributed by atoms with E-state index < -0.39 is 10.8 Å². The third-order valence-electron chi connectivity index (χ3n) is 12.5. The lowest BCUT2D eigenvalue weighted by atomic mass is 9.45. The first-order valence-electron chi connectivity index (χ1n) is 19.6. The van der Waals surface area contributed by atoms with Gasteiger partial charge in [-0.1, -0.05) is 170 Å². The Labute approximate surface area is 332 Å². The van der Waals surface area contributed by atoms with E-state index in [-0.39, 0.29) is 0 Å². The summed E-state index contributed by atoms with van der Waals surface area (Å²) in [5.41, 5.74) is 11.4. The van der Waals surface area contributed by atoms with Crippen LogP contribution < -0.4 is 0 Å². The number of hydrogen-bond acceptors (Lipinski definition) is 6. The maximum Gasteiger partial charge on any atom is 0.231 e. The molecule has 3 aliphatic carbocycles. The second-order valence-electron chi connectivity index (χ2n) is 15.2. The van der Waals surface area contributed by atoms with E-state index in [1.54, 1.807) is 0 Å². The summed E-state index contributed by atoms with van der Waals surface area (Å²) in [7, 11) is 0. The number of benzene rings is 7. The molecule has 11 aromatic rings. The van der Waals surface area contributed by atoms with Crippen molar-refractivity contribution in [2.75, 3.05) is 0 Å². The summed E-state index contributed by atoms with van der Waals surface area (Å²) >= 11 is 0. The summed E-state index contributed by atoms with van der Waals surface area (Å²) in [4.78, 5) is 21.7. The maximum atomic E-state index is 6.66. The summed E-state index contributed by atoms with van der Waals surface area (Å²) < 4.78 is 13.3. The monoisotopic (exact) mass is 742 g/mol. The summed E-state index contributed by atoms with van der Waals surface area (Å²) in [6.07, 6.45) is 0. The molecule has 0 aliphatic heterocycles. The molecule has 0 unspecified atom stereocenters. The van der Waals surface area contributed by atoms with Crippen LogP contribution in [0, 0.1) is 0 Å². The molecule has 4 aromatic heterocycles. The number of aromatic nitrogens is 4. The Hall–Kier alpha value is -7.70. The van der Waals surface area contributed by atoms with Gasteiger partial charge in [0.2, 0.25) is 11.4 Å². The van der Waals surface area contributed by atoms with Crippen molar-refractivity contribution in [3.63, 3.8) is 0 Å². The minimum Gasteiger partial charge on any atom is -0.438 e. The molecule has 0 saturated carbocycles. The Morgan fingerprint density at radius 1 is 0.310 bits per heavy atom. The molecule has 0 amide bonds. The summed E-state index contributed by atoms with van der Waals surface area (Å²) in [6.45, 7) is 0. The molecule has 270 valence electrons. The van der Waals surface area contributed by atoms with Crippen LogP contribution in [-0.4, -0.2) is 19.9 Å². The third-order valence-corrected chi connectivity index (χ3v) is 12.5. The quantitative estimate of drug-likeness (QED) is 0.179. The van der Waals surface area contributed by atoms with Gasteiger partial charge in [0.15, 0.2) is 11.6 Å². The van der Waals surface area contributed by atoms with Crippen molar-refractivity contribution >= 4 is 44.1 Å². The van der Waals surface area contributed by atoms with Gasteiger partial charge in [0.1, 0.15) is 11.2 Å². The summed E-state index contributed by atoms with van der Waals surface area (Å²) in [6, 6.07) is 63.5. The summed E-state index contributed by atoms with van der Waals surface area (Å²) in [5, 5.41) is 3.76. The predicted molar refractivity (Wildman–Crippen MR) is 227 cm³/mol. The lowest BCUT2D eigenvalue weighted by Gasteiger charge is -2.56. The molecule has 0 N–H and O–H groups in total. The average Bonchev–Trinajstić information content (AvgIpc) is 3.87. The fraction of sp³-hybridized carbons (Fsp3) is 0.0385. The smallest absolute Gasteiger partial charge is 0.231 e. The van der Waals surface area contributed by atoms with E-state index in [0.717, 1.165) is 88.6 Å². The maximum absolute atomic E-state index is 6.66. The highest BCUT2D eigenvalue weighted by Crippen LogP contribution is 2.67. The van der Waals surface area contributed by atoms with E-state index in [0.29, 0.717) is 23.1 Å². The van der Waals surface area contributed by atoms with Crippen molar-refractivity contribution in [1.29, 1.82) is 0 Å². The fourth-order valence-electron chi connectivity index (χ4n) is 10.3. The number of hydrogen-bond donors (Lipinski definition) is 0. The van der Waals surface area contributed by atoms with Crippen LogP contribution in [0.25, 0.3) is 66.9 Å². The molecule has 0 spiro atoms. The van der Waals surface area contributed by atoms with Crippen molar-refractivity contribution in [3.8, 4) is 22.8 Å². The first kappa shape index (κ1) is 31.5. The molecule has 14 rings (SSSR count). The van der Waals surface area contributed by atoms with E-state index in [1.807, 2.05) is 60.7 Å². The van der Waals surface area contributed by atoms with Gasteiger partial charge in [-0.05, 0) is 45.5 Å². The van der Waals surface area contributed by atoms with Crippen LogP contribution in [0.15, 0.2) is 191 Å². The SMILES string of the molecule is c1ccc(-c2nc(C34c5ccccc5C(c5nc(-c6ccccc6)nc6oc7ccccc7c56)(c5ccccc53)c3ccccc34)c3c(n2)oc2ccccc23)cc1. The van der Waals surface area contributed by atoms with E-state index in [4.69, 9.17) is 28.8 Å². The highest BCUT2D eigenvalue weighted by atomic mass is 16.3. The van der Waals surface area contributed by atoms with Gasteiger partial charge in [0.05, 0.1) is 33.0 Å². The lowest BCUT2D eigenvalue weighted by Crippen LogP contribution is -2.52. The number of furan rings is 2. The van der Waals surface area contributed by atoms with Crippen LogP contribution >= 0.6 is 0 Å². The molecule has 0 fully saturated rings. The molecule has 6 heteroatoms. The predicted octanol–water partition coefficient (Wildman–Crippen LogP) is 11.8. The second kappa shape index (κ2) is 11.4. The minimum absolute atomic E-state index is 0.559. The molecule has 2 bridgehead atoms. The van der Waals surface area contributed by atoms with Crippen LogP contribution in [0.1, 0.15) is 44.8 Å². The highest BCUT2D eigenvalue weighted by molar-refractivity contribution is 6.09. The zero-order valence-electron chi connectivity index (χ0n) is 30.9. The zero-order chi connectivity index (χ0) is 38.0. The Bertz CT molecular complexity index is 3130. The van der Waals surface area contributed by atoms with Crippen molar-refractivity contribution in [2.24, 2.45) is 0 Å². The summed E-state index contributed by atoms with van der Waals surface area (Å²) in [5.74, 6) is 1.22. The van der Waals surface area contributed by atoms with Gasteiger partial charge < -0.3 is 8.83 Å². The van der Waals surface area contributed by atoms with Gasteiger partial charge in [-0.3, -0.25) is 0 Å². The van der Waals surface area contributed by atoms with E-state index in [1.165, 1.54) is 0 Å². The Morgan fingerprint density at radius 3 is 0.983 bits per heavy atom. The zero-order valence-corrected chi connectivity index (χ0v) is 30.9. The van der Waals surface area contributed by atoms with Gasteiger partial charge in [0.25, 0.3) is 0 Å². The van der Waals surface area contributed by atoms with Gasteiger partial charge in [0, 0.05) is 21.9 Å². The van der Waals surface area contributed by atoms with Crippen LogP contribution in [0.3, 0.4) is 0 Å². The highest BCUT2D eigenvalue weighted by Gasteiger charge is 2.62. The lowest BCUT2D eigenvalue weighted by molar-refractivity contribution is 0.542. The van der Waals surface area contributed by atoms with Crippen LogP contribution in [0.2, 0.25) is 0 Å². The average molecular weight is 743 g/mol. The van der Waals surface area contributed by atoms with Crippen LogP contribution in [0.5, 0.6) is 0 Å². The van der Waals surface area contributed by atoms with Gasteiger partial charge in [-0.2, -0.15) is 9.97 Å². The molecular formula is C52H30N4O2. The van der Waals surface area contributed by atoms with E-state index in [9.17, 15) is 0 Å². The molecule has 58 heavy (non-hydrogen) atoms. The molecule has 6 nitrogen and oxygen atoms in total. The molecular weight excluding hydrogens is 713 g/mol. The van der Waals surface area contributed by atoms with Gasteiger partial charge in [-0.25, -0.2) is 9.97 Å². The van der Waals surface area contributed by atoms with Crippen LogP contribution in [0.4, 0.5) is 0 Å². The van der Waals surface area contributed by atoms with Crippen molar-refractivity contribution in [3.05, 3.63) is 227 Å². The molecule has 4 heterocycles. The number of para-hydroxylation sites is 2. The van der Waals surface area contributed by atoms with Crippen molar-refractivity contribution < 1.29 is 8.83 Å². The first-order valence-corrected chi connectivity index (χ1v) is 19.6. The second-order valence-corrected chi connectivity index (χ2v) is 15.2. The molecule has 3 aliphatic rings. The van der Waals surface area contributed by atoms with Crippen LogP contribution in [-0.2, 0) is 10.8 Å². The van der Waals surface area contributed by atoms with Crippen molar-refractivity contribution in [1.82, 2.24) is 19.9 Å². The third kappa shape index (κ3) is 3.86. The largest absolute Gasteiger partial charge is 0.438 e. The molecule has 7 aromatic carbocycles. The minimum atomic E-state index is -0.865. The molecule has 0 radical (unpaired) electrons. The topological polar surface area (TPSA) is 77.8 Å². The van der Waals surface area contributed by atoms with Gasteiger partial charge >= 0.3 is 0 Å². The fourth-order valence-corrected chi connectivity index (χ4v) is 10.3. The first-order chi connectivity index (χ1) is 28.8. The molecule has 0 saturated heterocycles. The number of fused-ring (bicyclic) bond motifs is 6. The Kier molecular flexibility index (Phi) is 6.21. The number of rotatable bonds is 4. The standard InChI is InChI=1S/C52H30N4O2/c1-3-17-31(18-4-1)47-53-45(43-33-21-7-15-29-41(33)57-49(43)55-47)51-35-23-9-12-26-38(35)52(39-27-13-10-24-36(39)51,40-28-14-11-25-37(40)51)46-44-34-22-8-16-30-42(34)58-50(44)56-48(54-46)32-19-5-2-6-20-32/h1-30H. The Balaban J connectivity index is 1.25. The van der Waals surface area contributed by atoms with E-state index in [2.05, 4.69) is 121 Å². The van der Waals surface area contributed by atoms with E-state index >= 15 is 0 Å². The normalized spacial score (nSPS) is 17.8. The number of nitrogens with zero attached hydrogens (tertiary/aromatic N) is 4. The Morgan fingerprint density at radius 2 is 0.621 bits per heavy atom.